The number of aromatic nitrogens is 2. The van der Waals surface area contributed by atoms with Crippen LogP contribution in [0.3, 0.4) is 0 Å². The molecular weight excluding hydrogens is 276 g/mol. The zero-order valence-electron chi connectivity index (χ0n) is 12.7. The predicted octanol–water partition coefficient (Wildman–Crippen LogP) is 3.41. The Morgan fingerprint density at radius 1 is 1.32 bits per heavy atom. The first-order valence-electron chi connectivity index (χ1n) is 8.04. The summed E-state index contributed by atoms with van der Waals surface area (Å²) < 4.78 is 2.09. The molecule has 4 nitrogen and oxygen atoms in total. The number of fused-ring (bicyclic) bond motifs is 1. The Morgan fingerprint density at radius 2 is 2.14 bits per heavy atom. The van der Waals surface area contributed by atoms with Crippen LogP contribution < -0.4 is 0 Å². The highest BCUT2D eigenvalue weighted by Gasteiger charge is 2.25. The lowest BCUT2D eigenvalue weighted by Crippen LogP contribution is -2.15. The molecule has 1 aliphatic rings. The summed E-state index contributed by atoms with van der Waals surface area (Å²) in [5.74, 6) is -0.571. The van der Waals surface area contributed by atoms with Crippen LogP contribution in [0, 0.1) is 0 Å². The minimum atomic E-state index is -0.713. The van der Waals surface area contributed by atoms with Crippen molar-refractivity contribution in [1.29, 1.82) is 0 Å². The van der Waals surface area contributed by atoms with Crippen LogP contribution in [0.4, 0.5) is 0 Å². The number of hydrogen-bond donors (Lipinski definition) is 1. The van der Waals surface area contributed by atoms with Gasteiger partial charge in [-0.3, -0.25) is 9.48 Å². The fraction of sp³-hybridized carbons (Fsp3) is 0.444. The second-order valence-corrected chi connectivity index (χ2v) is 6.05. The Morgan fingerprint density at radius 3 is 2.91 bits per heavy atom. The Hall–Kier alpha value is -2.10. The van der Waals surface area contributed by atoms with Crippen LogP contribution >= 0.6 is 0 Å². The second kappa shape index (κ2) is 6.77. The fourth-order valence-corrected chi connectivity index (χ4v) is 3.40. The lowest BCUT2D eigenvalue weighted by Gasteiger charge is -2.21. The van der Waals surface area contributed by atoms with E-state index in [-0.39, 0.29) is 12.3 Å². The molecule has 116 valence electrons. The van der Waals surface area contributed by atoms with E-state index >= 15 is 0 Å². The first-order valence-corrected chi connectivity index (χ1v) is 8.04. The third kappa shape index (κ3) is 3.38. The van der Waals surface area contributed by atoms with Gasteiger partial charge in [-0.15, -0.1) is 0 Å². The van der Waals surface area contributed by atoms with Gasteiger partial charge in [0.15, 0.2) is 0 Å². The number of rotatable bonds is 6. The summed E-state index contributed by atoms with van der Waals surface area (Å²) >= 11 is 0. The lowest BCUT2D eigenvalue weighted by atomic mass is 9.85. The molecule has 1 heterocycles. The molecule has 0 fully saturated rings. The Kier molecular flexibility index (Phi) is 4.56. The van der Waals surface area contributed by atoms with E-state index < -0.39 is 5.97 Å². The Balaban J connectivity index is 1.63. The van der Waals surface area contributed by atoms with Gasteiger partial charge in [-0.25, -0.2) is 0 Å². The molecule has 1 aliphatic carbocycles. The third-order valence-corrected chi connectivity index (χ3v) is 4.49. The van der Waals surface area contributed by atoms with Gasteiger partial charge in [-0.2, -0.15) is 5.10 Å². The Bertz CT molecular complexity index is 634. The van der Waals surface area contributed by atoms with Crippen LogP contribution in [-0.2, 0) is 24.2 Å². The monoisotopic (exact) mass is 298 g/mol. The predicted molar refractivity (Wildman–Crippen MR) is 84.9 cm³/mol. The van der Waals surface area contributed by atoms with E-state index in [1.54, 1.807) is 0 Å². The van der Waals surface area contributed by atoms with Gasteiger partial charge in [0, 0.05) is 12.2 Å². The molecule has 1 atom stereocenters. The number of aliphatic carboxylic acids is 1. The number of hydrogen-bond acceptors (Lipinski definition) is 2. The summed E-state index contributed by atoms with van der Waals surface area (Å²) in [4.78, 5) is 11.0. The van der Waals surface area contributed by atoms with Gasteiger partial charge < -0.3 is 5.11 Å². The normalized spacial score (nSPS) is 17.2. The average molecular weight is 298 g/mol. The highest BCUT2D eigenvalue weighted by Crippen LogP contribution is 2.33. The molecule has 2 aromatic rings. The molecule has 3 rings (SSSR count). The van der Waals surface area contributed by atoms with Crippen LogP contribution in [0.15, 0.2) is 36.5 Å². The number of carbonyl (C=O) groups is 1. The minimum Gasteiger partial charge on any atom is -0.481 e. The first-order chi connectivity index (χ1) is 10.7. The zero-order chi connectivity index (χ0) is 15.4. The molecular formula is C18H22N2O2. The summed E-state index contributed by atoms with van der Waals surface area (Å²) in [7, 11) is 0. The molecule has 1 unspecified atom stereocenters. The van der Waals surface area contributed by atoms with Gasteiger partial charge in [-0.05, 0) is 49.1 Å². The van der Waals surface area contributed by atoms with Crippen molar-refractivity contribution in [3.05, 3.63) is 53.3 Å². The topological polar surface area (TPSA) is 55.1 Å². The van der Waals surface area contributed by atoms with Crippen molar-refractivity contribution in [2.75, 3.05) is 0 Å². The molecule has 0 aliphatic heterocycles. The smallest absolute Gasteiger partial charge is 0.303 e. The van der Waals surface area contributed by atoms with Crippen LogP contribution in [0.2, 0.25) is 0 Å². The van der Waals surface area contributed by atoms with Gasteiger partial charge in [0.1, 0.15) is 0 Å². The van der Waals surface area contributed by atoms with Gasteiger partial charge in [0.2, 0.25) is 0 Å². The van der Waals surface area contributed by atoms with Crippen molar-refractivity contribution >= 4 is 5.97 Å². The fourth-order valence-electron chi connectivity index (χ4n) is 3.40. The quantitative estimate of drug-likeness (QED) is 0.889. The van der Waals surface area contributed by atoms with E-state index in [2.05, 4.69) is 34.0 Å². The largest absolute Gasteiger partial charge is 0.481 e. The molecule has 0 bridgehead atoms. The molecule has 1 aromatic heterocycles. The minimum absolute atomic E-state index is 0.143. The number of nitrogens with zero attached hydrogens (tertiary/aromatic N) is 2. The molecule has 0 amide bonds. The van der Waals surface area contributed by atoms with Gasteiger partial charge in [-0.1, -0.05) is 30.3 Å². The van der Waals surface area contributed by atoms with Crippen molar-refractivity contribution < 1.29 is 9.90 Å². The summed E-state index contributed by atoms with van der Waals surface area (Å²) in [6, 6.07) is 10.5. The van der Waals surface area contributed by atoms with E-state index in [0.717, 1.165) is 44.2 Å². The average Bonchev–Trinajstić information content (AvgIpc) is 2.92. The van der Waals surface area contributed by atoms with Crippen molar-refractivity contribution in [2.24, 2.45) is 0 Å². The van der Waals surface area contributed by atoms with Crippen molar-refractivity contribution in [3.8, 4) is 0 Å². The molecule has 22 heavy (non-hydrogen) atoms. The van der Waals surface area contributed by atoms with E-state index in [1.165, 1.54) is 11.3 Å². The Labute approximate surface area is 130 Å². The summed E-state index contributed by atoms with van der Waals surface area (Å²) in [5, 5.41) is 13.5. The lowest BCUT2D eigenvalue weighted by molar-refractivity contribution is -0.137. The zero-order valence-corrected chi connectivity index (χ0v) is 12.7. The van der Waals surface area contributed by atoms with Crippen molar-refractivity contribution in [1.82, 2.24) is 9.78 Å². The molecule has 0 spiro atoms. The van der Waals surface area contributed by atoms with Gasteiger partial charge in [0.25, 0.3) is 0 Å². The summed E-state index contributed by atoms with van der Waals surface area (Å²) in [5.41, 5.74) is 3.77. The van der Waals surface area contributed by atoms with E-state index in [9.17, 15) is 4.79 Å². The third-order valence-electron chi connectivity index (χ3n) is 4.49. The molecule has 4 heteroatoms. The van der Waals surface area contributed by atoms with Crippen molar-refractivity contribution in [2.45, 2.75) is 51.0 Å². The molecule has 1 N–H and O–H groups in total. The maximum atomic E-state index is 11.0. The van der Waals surface area contributed by atoms with E-state index in [4.69, 9.17) is 5.11 Å². The van der Waals surface area contributed by atoms with Crippen LogP contribution in [0.25, 0.3) is 0 Å². The van der Waals surface area contributed by atoms with E-state index in [0.29, 0.717) is 0 Å². The number of aryl methyl sites for hydroxylation is 2. The van der Waals surface area contributed by atoms with Crippen LogP contribution in [-0.4, -0.2) is 20.9 Å². The molecule has 0 saturated carbocycles. The van der Waals surface area contributed by atoms with Crippen LogP contribution in [0.5, 0.6) is 0 Å². The van der Waals surface area contributed by atoms with Crippen LogP contribution in [0.1, 0.15) is 48.4 Å². The molecule has 1 aromatic carbocycles. The highest BCUT2D eigenvalue weighted by molar-refractivity contribution is 5.68. The highest BCUT2D eigenvalue weighted by atomic mass is 16.4. The van der Waals surface area contributed by atoms with Gasteiger partial charge >= 0.3 is 5.97 Å². The summed E-state index contributed by atoms with van der Waals surface area (Å²) in [6.45, 7) is 0.907. The first kappa shape index (κ1) is 14.8. The number of benzene rings is 1. The summed E-state index contributed by atoms with van der Waals surface area (Å²) in [6.07, 6.45) is 7.28. The second-order valence-electron chi connectivity index (χ2n) is 6.05. The van der Waals surface area contributed by atoms with E-state index in [1.807, 2.05) is 12.3 Å². The van der Waals surface area contributed by atoms with Crippen molar-refractivity contribution in [3.63, 3.8) is 0 Å². The standard InChI is InChI=1S/C18H22N2O2/c21-18(22)12-15-9-4-10-17-16(15)13-19-20(17)11-5-8-14-6-2-1-3-7-14/h1-3,6-7,13,15H,4-5,8-12H2,(H,21,22). The SMILES string of the molecule is O=C(O)CC1CCCc2c1cnn2CCCc1ccccc1. The maximum absolute atomic E-state index is 11.0. The number of carboxylic acid groups (broad SMARTS) is 1. The number of carboxylic acids is 1. The molecule has 0 radical (unpaired) electrons. The van der Waals surface area contributed by atoms with Gasteiger partial charge in [0.05, 0.1) is 12.6 Å². The molecule has 0 saturated heterocycles. The maximum Gasteiger partial charge on any atom is 0.303 e.